The van der Waals surface area contributed by atoms with E-state index in [4.69, 9.17) is 16.0 Å². The highest BCUT2D eigenvalue weighted by molar-refractivity contribution is 7.89. The summed E-state index contributed by atoms with van der Waals surface area (Å²) in [6, 6.07) is 12.7. The summed E-state index contributed by atoms with van der Waals surface area (Å²) in [6.07, 6.45) is 4.73. The van der Waals surface area contributed by atoms with E-state index in [9.17, 15) is 8.42 Å². The van der Waals surface area contributed by atoms with Gasteiger partial charge in [-0.2, -0.15) is 4.31 Å². The number of benzene rings is 2. The minimum absolute atomic E-state index is 0.0242. The zero-order valence-electron chi connectivity index (χ0n) is 15.7. The Kier molecular flexibility index (Phi) is 4.69. The number of aromatic nitrogens is 2. The summed E-state index contributed by atoms with van der Waals surface area (Å²) in [5.41, 5.74) is 3.02. The molecule has 0 spiro atoms. The molecule has 5 rings (SSSR count). The average Bonchev–Trinajstić information content (AvgIpc) is 3.25. The second-order valence-electron chi connectivity index (χ2n) is 7.55. The summed E-state index contributed by atoms with van der Waals surface area (Å²) in [5, 5.41) is 8.63. The molecule has 1 aromatic heterocycles. The molecule has 6 nitrogen and oxygen atoms in total. The van der Waals surface area contributed by atoms with Gasteiger partial charge in [0.15, 0.2) is 0 Å². The molecule has 2 aromatic carbocycles. The van der Waals surface area contributed by atoms with Crippen LogP contribution in [0, 0.1) is 0 Å². The molecule has 1 saturated carbocycles. The van der Waals surface area contributed by atoms with E-state index in [0.717, 1.165) is 37.7 Å². The van der Waals surface area contributed by atoms with Crippen LogP contribution in [0.15, 0.2) is 51.8 Å². The molecule has 8 heteroatoms. The van der Waals surface area contributed by atoms with E-state index < -0.39 is 10.0 Å². The first-order valence-corrected chi connectivity index (χ1v) is 11.5. The molecule has 0 amide bonds. The molecule has 0 bridgehead atoms. The van der Waals surface area contributed by atoms with Gasteiger partial charge in [-0.15, -0.1) is 10.2 Å². The summed E-state index contributed by atoms with van der Waals surface area (Å²) < 4.78 is 34.0. The number of halogens is 1. The lowest BCUT2D eigenvalue weighted by atomic mass is 10.1. The van der Waals surface area contributed by atoms with Gasteiger partial charge < -0.3 is 4.42 Å². The van der Waals surface area contributed by atoms with Gasteiger partial charge in [-0.25, -0.2) is 8.42 Å². The summed E-state index contributed by atoms with van der Waals surface area (Å²) >= 11 is 6.20. The van der Waals surface area contributed by atoms with Crippen LogP contribution >= 0.6 is 11.6 Å². The maximum absolute atomic E-state index is 13.4. The molecule has 0 aliphatic heterocycles. The van der Waals surface area contributed by atoms with Crippen LogP contribution in [0.1, 0.15) is 36.3 Å². The predicted octanol–water partition coefficient (Wildman–Crippen LogP) is 4.23. The normalized spacial score (nSPS) is 16.3. The number of hydrogen-bond acceptors (Lipinski definition) is 5. The van der Waals surface area contributed by atoms with Crippen molar-refractivity contribution in [2.24, 2.45) is 0 Å². The smallest absolute Gasteiger partial charge is 0.249 e. The molecule has 0 N–H and O–H groups in total. The molecule has 1 heterocycles. The largest absolute Gasteiger partial charge is 0.419 e. The zero-order valence-corrected chi connectivity index (χ0v) is 17.3. The standard InChI is InChI=1S/C21H20ClN3O3S/c22-19-7-2-1-6-18(19)21-24-23-20(28-21)13-25(16-9-10-16)29(26,27)17-11-8-14-4-3-5-15(14)12-17/h1-2,6-8,11-12,16H,3-5,9-10,13H2. The van der Waals surface area contributed by atoms with Gasteiger partial charge in [-0.1, -0.05) is 29.8 Å². The molecule has 3 aromatic rings. The monoisotopic (exact) mass is 429 g/mol. The van der Waals surface area contributed by atoms with Crippen molar-refractivity contribution >= 4 is 21.6 Å². The van der Waals surface area contributed by atoms with Gasteiger partial charge in [0.1, 0.15) is 0 Å². The van der Waals surface area contributed by atoms with Crippen LogP contribution in [0.5, 0.6) is 0 Å². The van der Waals surface area contributed by atoms with Crippen LogP contribution in [-0.4, -0.2) is 29.0 Å². The van der Waals surface area contributed by atoms with Crippen LogP contribution in [0.3, 0.4) is 0 Å². The second kappa shape index (κ2) is 7.23. The van der Waals surface area contributed by atoms with E-state index in [2.05, 4.69) is 10.2 Å². The van der Waals surface area contributed by atoms with E-state index in [1.165, 1.54) is 9.87 Å². The minimum Gasteiger partial charge on any atom is -0.419 e. The van der Waals surface area contributed by atoms with Gasteiger partial charge in [0, 0.05) is 6.04 Å². The molecule has 1 fully saturated rings. The number of hydrogen-bond donors (Lipinski definition) is 0. The van der Waals surface area contributed by atoms with E-state index in [1.807, 2.05) is 24.3 Å². The van der Waals surface area contributed by atoms with Crippen molar-refractivity contribution in [1.82, 2.24) is 14.5 Å². The van der Waals surface area contributed by atoms with Gasteiger partial charge in [0.2, 0.25) is 21.8 Å². The Hall–Kier alpha value is -2.22. The highest BCUT2D eigenvalue weighted by Gasteiger charge is 2.39. The van der Waals surface area contributed by atoms with Crippen molar-refractivity contribution in [2.45, 2.75) is 49.6 Å². The van der Waals surface area contributed by atoms with Crippen molar-refractivity contribution in [3.05, 3.63) is 64.5 Å². The number of rotatable bonds is 6. The molecule has 0 radical (unpaired) electrons. The molecular weight excluding hydrogens is 410 g/mol. The third-order valence-electron chi connectivity index (χ3n) is 5.49. The fourth-order valence-electron chi connectivity index (χ4n) is 3.81. The lowest BCUT2D eigenvalue weighted by Gasteiger charge is -2.20. The van der Waals surface area contributed by atoms with Crippen LogP contribution in [0.2, 0.25) is 5.02 Å². The van der Waals surface area contributed by atoms with E-state index in [1.54, 1.807) is 18.2 Å². The number of aryl methyl sites for hydroxylation is 2. The second-order valence-corrected chi connectivity index (χ2v) is 9.84. The van der Waals surface area contributed by atoms with Gasteiger partial charge in [0.25, 0.3) is 0 Å². The summed E-state index contributed by atoms with van der Waals surface area (Å²) in [4.78, 5) is 0.343. The van der Waals surface area contributed by atoms with Crippen LogP contribution in [-0.2, 0) is 29.4 Å². The topological polar surface area (TPSA) is 76.3 Å². The SMILES string of the molecule is O=S(=O)(c1ccc2c(c1)CCC2)N(Cc1nnc(-c2ccccc2Cl)o1)C1CC1. The Bertz CT molecular complexity index is 1170. The molecule has 0 unspecified atom stereocenters. The van der Waals surface area contributed by atoms with Crippen LogP contribution in [0.25, 0.3) is 11.5 Å². The number of nitrogens with zero attached hydrogens (tertiary/aromatic N) is 3. The predicted molar refractivity (Wildman–Crippen MR) is 109 cm³/mol. The third-order valence-corrected chi connectivity index (χ3v) is 7.72. The Morgan fingerprint density at radius 1 is 1.07 bits per heavy atom. The Balaban J connectivity index is 1.44. The first-order valence-electron chi connectivity index (χ1n) is 9.73. The van der Waals surface area contributed by atoms with Gasteiger partial charge in [-0.05, 0) is 67.5 Å². The highest BCUT2D eigenvalue weighted by Crippen LogP contribution is 2.35. The molecule has 29 heavy (non-hydrogen) atoms. The van der Waals surface area contributed by atoms with Gasteiger partial charge in [0.05, 0.1) is 22.0 Å². The van der Waals surface area contributed by atoms with Crippen molar-refractivity contribution in [2.75, 3.05) is 0 Å². The van der Waals surface area contributed by atoms with Gasteiger partial charge >= 0.3 is 0 Å². The fourth-order valence-corrected chi connectivity index (χ4v) is 5.71. The molecular formula is C21H20ClN3O3S. The highest BCUT2D eigenvalue weighted by atomic mass is 35.5. The maximum Gasteiger partial charge on any atom is 0.249 e. The van der Waals surface area contributed by atoms with E-state index >= 15 is 0 Å². The van der Waals surface area contributed by atoms with Crippen molar-refractivity contribution in [3.8, 4) is 11.5 Å². The van der Waals surface area contributed by atoms with E-state index in [-0.39, 0.29) is 24.4 Å². The Labute approximate surface area is 174 Å². The first kappa shape index (κ1) is 18.8. The lowest BCUT2D eigenvalue weighted by molar-refractivity contribution is 0.351. The Morgan fingerprint density at radius 3 is 2.66 bits per heavy atom. The molecule has 2 aliphatic rings. The van der Waals surface area contributed by atoms with Crippen LogP contribution < -0.4 is 0 Å². The fraction of sp³-hybridized carbons (Fsp3) is 0.333. The van der Waals surface area contributed by atoms with E-state index in [0.29, 0.717) is 15.5 Å². The molecule has 0 saturated heterocycles. The quantitative estimate of drug-likeness (QED) is 0.586. The third kappa shape index (κ3) is 3.58. The zero-order chi connectivity index (χ0) is 20.0. The number of sulfonamides is 1. The maximum atomic E-state index is 13.4. The van der Waals surface area contributed by atoms with Crippen molar-refractivity contribution < 1.29 is 12.8 Å². The minimum atomic E-state index is -3.64. The molecule has 150 valence electrons. The Morgan fingerprint density at radius 2 is 1.86 bits per heavy atom. The number of fused-ring (bicyclic) bond motifs is 1. The molecule has 2 aliphatic carbocycles. The van der Waals surface area contributed by atoms with Crippen LogP contribution in [0.4, 0.5) is 0 Å². The molecule has 0 atom stereocenters. The summed E-state index contributed by atoms with van der Waals surface area (Å²) in [6.45, 7) is 0.0571. The van der Waals surface area contributed by atoms with Crippen molar-refractivity contribution in [3.63, 3.8) is 0 Å². The lowest BCUT2D eigenvalue weighted by Crippen LogP contribution is -2.33. The average molecular weight is 430 g/mol. The van der Waals surface area contributed by atoms with Crippen molar-refractivity contribution in [1.29, 1.82) is 0 Å². The summed E-state index contributed by atoms with van der Waals surface area (Å²) in [5.74, 6) is 0.549. The first-order chi connectivity index (χ1) is 14.0. The summed E-state index contributed by atoms with van der Waals surface area (Å²) in [7, 11) is -3.64. The van der Waals surface area contributed by atoms with Gasteiger partial charge in [-0.3, -0.25) is 0 Å².